The summed E-state index contributed by atoms with van der Waals surface area (Å²) in [5.74, 6) is 0.667. The molecule has 1 N–H and O–H groups in total. The number of rotatable bonds is 5. The van der Waals surface area contributed by atoms with Crippen molar-refractivity contribution < 1.29 is 5.11 Å². The first-order valence-electron chi connectivity index (χ1n) is 9.22. The second-order valence-electron chi connectivity index (χ2n) is 9.36. The number of hydrogen-bond donors (Lipinski definition) is 1. The van der Waals surface area contributed by atoms with Crippen molar-refractivity contribution in [3.05, 3.63) is 33.9 Å². The zero-order valence-electron chi connectivity index (χ0n) is 16.7. The summed E-state index contributed by atoms with van der Waals surface area (Å²) in [6.45, 7) is 15.8. The van der Waals surface area contributed by atoms with E-state index in [1.165, 1.54) is 0 Å². The van der Waals surface area contributed by atoms with Crippen LogP contribution < -0.4 is 0 Å². The number of hydrogen-bond acceptors (Lipinski definition) is 2. The molecule has 0 radical (unpaired) electrons. The molecular formula is C22H32BrNO. The van der Waals surface area contributed by atoms with Crippen LogP contribution >= 0.6 is 15.9 Å². The van der Waals surface area contributed by atoms with Crippen molar-refractivity contribution in [3.8, 4) is 5.75 Å². The number of nitrogens with zero attached hydrogens (tertiary/aromatic N) is 1. The van der Waals surface area contributed by atoms with Gasteiger partial charge >= 0.3 is 0 Å². The minimum Gasteiger partial charge on any atom is -0.505 e. The smallest absolute Gasteiger partial charge is 0.145 e. The third kappa shape index (κ3) is 4.97. The van der Waals surface area contributed by atoms with Crippen LogP contribution in [0.4, 0.5) is 0 Å². The number of halogens is 1. The zero-order chi connectivity index (χ0) is 19.0. The van der Waals surface area contributed by atoms with E-state index in [0.29, 0.717) is 22.6 Å². The van der Waals surface area contributed by atoms with E-state index in [1.807, 2.05) is 19.1 Å². The van der Waals surface area contributed by atoms with Crippen LogP contribution in [0.2, 0.25) is 0 Å². The van der Waals surface area contributed by atoms with Crippen LogP contribution in [-0.4, -0.2) is 10.1 Å². The van der Waals surface area contributed by atoms with E-state index in [1.54, 1.807) is 0 Å². The van der Waals surface area contributed by atoms with Crippen LogP contribution in [0.15, 0.2) is 22.7 Å². The number of aromatic nitrogens is 1. The van der Waals surface area contributed by atoms with Crippen LogP contribution in [0, 0.1) is 17.8 Å². The molecule has 0 aliphatic carbocycles. The summed E-state index contributed by atoms with van der Waals surface area (Å²) in [6.07, 6.45) is 3.21. The fourth-order valence-electron chi connectivity index (χ4n) is 4.31. The molecule has 0 saturated carbocycles. The van der Waals surface area contributed by atoms with Gasteiger partial charge in [0, 0.05) is 21.1 Å². The van der Waals surface area contributed by atoms with Gasteiger partial charge in [-0.25, -0.2) is 4.98 Å². The van der Waals surface area contributed by atoms with Gasteiger partial charge in [-0.3, -0.25) is 0 Å². The summed E-state index contributed by atoms with van der Waals surface area (Å²) in [6, 6.07) is 6.10. The average Bonchev–Trinajstić information content (AvgIpc) is 2.46. The predicted molar refractivity (Wildman–Crippen MR) is 111 cm³/mol. The molecule has 1 aromatic carbocycles. The molecule has 25 heavy (non-hydrogen) atoms. The summed E-state index contributed by atoms with van der Waals surface area (Å²) in [5, 5.41) is 11.9. The van der Waals surface area contributed by atoms with E-state index in [9.17, 15) is 5.11 Å². The lowest BCUT2D eigenvalue weighted by Crippen LogP contribution is -2.23. The van der Waals surface area contributed by atoms with E-state index in [2.05, 4.69) is 68.5 Å². The van der Waals surface area contributed by atoms with Gasteiger partial charge in [-0.2, -0.15) is 0 Å². The van der Waals surface area contributed by atoms with Crippen LogP contribution in [0.3, 0.4) is 0 Å². The van der Waals surface area contributed by atoms with Crippen LogP contribution in [0.1, 0.15) is 78.0 Å². The fourth-order valence-corrected chi connectivity index (χ4v) is 4.88. The van der Waals surface area contributed by atoms with E-state index >= 15 is 0 Å². The summed E-state index contributed by atoms with van der Waals surface area (Å²) < 4.78 is 1.01. The Bertz CT molecular complexity index is 759. The lowest BCUT2D eigenvalue weighted by molar-refractivity contribution is 0.185. The van der Waals surface area contributed by atoms with Crippen LogP contribution in [0.25, 0.3) is 10.9 Å². The molecule has 3 heteroatoms. The molecule has 2 nitrogen and oxygen atoms in total. The molecule has 0 aliphatic rings. The third-order valence-electron chi connectivity index (χ3n) is 4.81. The maximum Gasteiger partial charge on any atom is 0.145 e. The maximum atomic E-state index is 10.9. The van der Waals surface area contributed by atoms with Crippen LogP contribution in [-0.2, 0) is 0 Å². The highest BCUT2D eigenvalue weighted by molar-refractivity contribution is 9.10. The second-order valence-corrected chi connectivity index (χ2v) is 10.2. The van der Waals surface area contributed by atoms with Gasteiger partial charge in [0.25, 0.3) is 0 Å². The fraction of sp³-hybridized carbons (Fsp3) is 0.591. The summed E-state index contributed by atoms with van der Waals surface area (Å²) in [7, 11) is 0. The van der Waals surface area contributed by atoms with E-state index in [4.69, 9.17) is 0 Å². The second kappa shape index (κ2) is 7.26. The van der Waals surface area contributed by atoms with Gasteiger partial charge in [-0.05, 0) is 61.1 Å². The topological polar surface area (TPSA) is 33.1 Å². The number of pyridine rings is 1. The lowest BCUT2D eigenvalue weighted by Gasteiger charge is -2.35. The van der Waals surface area contributed by atoms with Crippen molar-refractivity contribution in [3.63, 3.8) is 0 Å². The first-order valence-corrected chi connectivity index (χ1v) is 10.0. The Morgan fingerprint density at radius 1 is 1.16 bits per heavy atom. The minimum absolute atomic E-state index is 0.215. The highest BCUT2D eigenvalue weighted by Crippen LogP contribution is 2.45. The summed E-state index contributed by atoms with van der Waals surface area (Å²) in [4.78, 5) is 4.59. The molecule has 0 bridgehead atoms. The van der Waals surface area contributed by atoms with Crippen molar-refractivity contribution in [1.82, 2.24) is 4.98 Å². The Morgan fingerprint density at radius 3 is 2.36 bits per heavy atom. The standard InChI is InChI=1S/C22H32BrNO/c1-8-15(12-22(6,7)13-21(3,4)5)17-11-18(23)16-10-9-14(2)24-19(16)20(17)25/h9-11,15,25H,8,12-13H2,1-7H3. The Balaban J connectivity index is 2.46. The quantitative estimate of drug-likeness (QED) is 0.563. The van der Waals surface area contributed by atoms with Gasteiger partial charge < -0.3 is 5.11 Å². The number of phenols is 1. The predicted octanol–water partition coefficient (Wildman–Crippen LogP) is 7.36. The molecular weight excluding hydrogens is 374 g/mol. The van der Waals surface area contributed by atoms with Gasteiger partial charge in [0.15, 0.2) is 0 Å². The molecule has 138 valence electrons. The first-order chi connectivity index (χ1) is 11.4. The van der Waals surface area contributed by atoms with Crippen molar-refractivity contribution in [1.29, 1.82) is 0 Å². The largest absolute Gasteiger partial charge is 0.505 e. The highest BCUT2D eigenvalue weighted by atomic mass is 79.9. The minimum atomic E-state index is 0.215. The summed E-state index contributed by atoms with van der Waals surface area (Å²) >= 11 is 3.68. The van der Waals surface area contributed by atoms with Crippen molar-refractivity contribution in [2.75, 3.05) is 0 Å². The van der Waals surface area contributed by atoms with Gasteiger partial charge in [0.1, 0.15) is 11.3 Å². The lowest BCUT2D eigenvalue weighted by atomic mass is 9.70. The van der Waals surface area contributed by atoms with Gasteiger partial charge in [-0.15, -0.1) is 0 Å². The first kappa shape index (κ1) is 20.2. The summed E-state index contributed by atoms with van der Waals surface area (Å²) in [5.41, 5.74) is 3.16. The van der Waals surface area contributed by atoms with Gasteiger partial charge in [0.05, 0.1) is 0 Å². The molecule has 2 rings (SSSR count). The zero-order valence-corrected chi connectivity index (χ0v) is 18.3. The number of benzene rings is 1. The molecule has 0 saturated heterocycles. The highest BCUT2D eigenvalue weighted by Gasteiger charge is 2.30. The Morgan fingerprint density at radius 2 is 1.80 bits per heavy atom. The van der Waals surface area contributed by atoms with Crippen LogP contribution in [0.5, 0.6) is 5.75 Å². The van der Waals surface area contributed by atoms with Crippen molar-refractivity contribution >= 4 is 26.8 Å². The van der Waals surface area contributed by atoms with E-state index in [-0.39, 0.29) is 5.41 Å². The van der Waals surface area contributed by atoms with E-state index in [0.717, 1.165) is 40.4 Å². The normalized spacial score (nSPS) is 14.1. The Hall–Kier alpha value is -1.09. The molecule has 1 unspecified atom stereocenters. The molecule has 2 aromatic rings. The molecule has 0 aliphatic heterocycles. The number of aromatic hydroxyl groups is 1. The average molecular weight is 406 g/mol. The van der Waals surface area contributed by atoms with Gasteiger partial charge in [0.2, 0.25) is 0 Å². The SMILES string of the molecule is CCC(CC(C)(C)CC(C)(C)C)c1cc(Br)c2ccc(C)nc2c1O. The van der Waals surface area contributed by atoms with Crippen molar-refractivity contribution in [2.45, 2.75) is 73.6 Å². The molecule has 1 atom stereocenters. The Kier molecular flexibility index (Phi) is 5.88. The monoisotopic (exact) mass is 405 g/mol. The molecule has 0 spiro atoms. The van der Waals surface area contributed by atoms with Gasteiger partial charge in [-0.1, -0.05) is 57.5 Å². The number of phenolic OH excluding ortho intramolecular Hbond substituents is 1. The molecule has 0 fully saturated rings. The third-order valence-corrected chi connectivity index (χ3v) is 5.47. The maximum absolute atomic E-state index is 10.9. The molecule has 1 heterocycles. The molecule has 1 aromatic heterocycles. The molecule has 0 amide bonds. The number of fused-ring (bicyclic) bond motifs is 1. The number of aryl methyl sites for hydroxylation is 1. The Labute approximate surface area is 161 Å². The van der Waals surface area contributed by atoms with E-state index < -0.39 is 0 Å². The van der Waals surface area contributed by atoms with Crippen molar-refractivity contribution in [2.24, 2.45) is 10.8 Å².